The Kier molecular flexibility index (Phi) is 7.62. The highest BCUT2D eigenvalue weighted by molar-refractivity contribution is 14.1. The van der Waals surface area contributed by atoms with Crippen LogP contribution in [-0.2, 0) is 4.79 Å². The van der Waals surface area contributed by atoms with Gasteiger partial charge >= 0.3 is 0 Å². The number of carbonyl (C=O) groups excluding carboxylic acids is 1. The van der Waals surface area contributed by atoms with Crippen LogP contribution in [0, 0.1) is 20.7 Å². The molecule has 31 heavy (non-hydrogen) atoms. The number of hydrogen-bond acceptors (Lipinski definition) is 4. The summed E-state index contributed by atoms with van der Waals surface area (Å²) in [6.07, 6.45) is 1.68. The minimum atomic E-state index is -0.366. The predicted molar refractivity (Wildman–Crippen MR) is 126 cm³/mol. The van der Waals surface area contributed by atoms with Crippen molar-refractivity contribution in [3.63, 3.8) is 0 Å². The molecule has 156 valence electrons. The summed E-state index contributed by atoms with van der Waals surface area (Å²) in [5, 5.41) is 12.3. The van der Waals surface area contributed by atoms with Gasteiger partial charge in [0.05, 0.1) is 22.3 Å². The number of hydrogen-bond donors (Lipinski definition) is 1. The van der Waals surface area contributed by atoms with E-state index in [1.54, 1.807) is 36.4 Å². The van der Waals surface area contributed by atoms with Gasteiger partial charge in [-0.1, -0.05) is 30.3 Å². The Bertz CT molecular complexity index is 1140. The highest BCUT2D eigenvalue weighted by atomic mass is 127. The Balaban J connectivity index is 1.78. The highest BCUT2D eigenvalue weighted by Gasteiger charge is 2.14. The molecule has 0 atom stereocenters. The topological polar surface area (TPSA) is 71.3 Å². The molecule has 3 rings (SSSR count). The smallest absolute Gasteiger partial charge is 0.262 e. The maximum absolute atomic E-state index is 13.2. The number of para-hydroxylation sites is 1. The Hall–Kier alpha value is -3.38. The number of rotatable bonds is 7. The average molecular weight is 528 g/mol. The molecule has 0 aromatic heterocycles. The molecule has 0 fully saturated rings. The monoisotopic (exact) mass is 528 g/mol. The number of anilines is 1. The fourth-order valence-electron chi connectivity index (χ4n) is 2.80. The lowest BCUT2D eigenvalue weighted by molar-refractivity contribution is -0.118. The maximum Gasteiger partial charge on any atom is 0.262 e. The molecule has 0 unspecified atom stereocenters. The van der Waals surface area contributed by atoms with E-state index in [1.165, 1.54) is 19.2 Å². The van der Waals surface area contributed by atoms with Crippen molar-refractivity contribution < 1.29 is 18.7 Å². The molecule has 0 radical (unpaired) electrons. The number of allylic oxidation sites excluding steroid dienone is 1. The van der Waals surface area contributed by atoms with Crippen LogP contribution in [0.5, 0.6) is 11.5 Å². The van der Waals surface area contributed by atoms with Crippen molar-refractivity contribution in [1.29, 1.82) is 5.26 Å². The molecule has 1 amide bonds. The Morgan fingerprint density at radius 1 is 1.16 bits per heavy atom. The minimum Gasteiger partial charge on any atom is -0.493 e. The number of nitrogens with one attached hydrogen (secondary N) is 1. The number of benzene rings is 3. The summed E-state index contributed by atoms with van der Waals surface area (Å²) in [5.41, 5.74) is 2.39. The number of halogens is 2. The summed E-state index contributed by atoms with van der Waals surface area (Å²) in [7, 11) is 1.50. The molecular weight excluding hydrogens is 510 g/mol. The first-order chi connectivity index (χ1) is 15.0. The molecule has 0 spiro atoms. The van der Waals surface area contributed by atoms with Gasteiger partial charge in [-0.2, -0.15) is 5.26 Å². The normalized spacial score (nSPS) is 10.8. The third kappa shape index (κ3) is 6.06. The number of amides is 1. The molecule has 0 bridgehead atoms. The van der Waals surface area contributed by atoms with Crippen molar-refractivity contribution >= 4 is 45.8 Å². The fraction of sp³-hybridized carbons (Fsp3) is 0.0833. The maximum atomic E-state index is 13.2. The second-order valence-corrected chi connectivity index (χ2v) is 7.58. The van der Waals surface area contributed by atoms with E-state index in [2.05, 4.69) is 34.0 Å². The lowest BCUT2D eigenvalue weighted by Crippen LogP contribution is -2.20. The zero-order valence-corrected chi connectivity index (χ0v) is 18.7. The van der Waals surface area contributed by atoms with Gasteiger partial charge in [-0.05, 0) is 76.2 Å². The standard InChI is InChI=1S/C24H18FIN2O3/c1-30-22-13-16(11-18(14-27)17-7-9-19(25)10-8-17)12-21(26)24(22)31-15-23(29)28-20-5-3-2-4-6-20/h2-13H,15H2,1H3,(H,28,29)/b18-11+. The number of nitrogens with zero attached hydrogens (tertiary/aromatic N) is 1. The van der Waals surface area contributed by atoms with E-state index in [0.29, 0.717) is 37.5 Å². The van der Waals surface area contributed by atoms with Crippen LogP contribution in [0.25, 0.3) is 11.6 Å². The molecule has 0 heterocycles. The number of carbonyl (C=O) groups is 1. The van der Waals surface area contributed by atoms with Crippen molar-refractivity contribution in [2.24, 2.45) is 0 Å². The van der Waals surface area contributed by atoms with Gasteiger partial charge in [0.25, 0.3) is 5.91 Å². The number of ether oxygens (including phenoxy) is 2. The minimum absolute atomic E-state index is 0.185. The molecule has 0 aliphatic carbocycles. The Morgan fingerprint density at radius 3 is 2.52 bits per heavy atom. The van der Waals surface area contributed by atoms with E-state index in [-0.39, 0.29) is 18.3 Å². The van der Waals surface area contributed by atoms with Crippen LogP contribution in [0.15, 0.2) is 66.7 Å². The summed E-state index contributed by atoms with van der Waals surface area (Å²) in [6.45, 7) is -0.185. The quantitative estimate of drug-likeness (QED) is 0.249. The van der Waals surface area contributed by atoms with Gasteiger partial charge in [-0.15, -0.1) is 0 Å². The van der Waals surface area contributed by atoms with E-state index < -0.39 is 0 Å². The van der Waals surface area contributed by atoms with Crippen molar-refractivity contribution in [1.82, 2.24) is 0 Å². The predicted octanol–water partition coefficient (Wildman–Crippen LogP) is 5.52. The van der Waals surface area contributed by atoms with Crippen LogP contribution in [0.3, 0.4) is 0 Å². The van der Waals surface area contributed by atoms with Gasteiger partial charge < -0.3 is 14.8 Å². The van der Waals surface area contributed by atoms with E-state index in [0.717, 1.165) is 0 Å². The first kappa shape index (κ1) is 22.3. The second kappa shape index (κ2) is 10.6. The van der Waals surface area contributed by atoms with E-state index in [4.69, 9.17) is 9.47 Å². The van der Waals surface area contributed by atoms with Crippen LogP contribution >= 0.6 is 22.6 Å². The van der Waals surface area contributed by atoms with Crippen molar-refractivity contribution in [3.05, 3.63) is 87.2 Å². The second-order valence-electron chi connectivity index (χ2n) is 6.41. The molecule has 1 N–H and O–H groups in total. The lowest BCUT2D eigenvalue weighted by Gasteiger charge is -2.14. The lowest BCUT2D eigenvalue weighted by atomic mass is 10.0. The summed E-state index contributed by atoms with van der Waals surface area (Å²) >= 11 is 2.08. The van der Waals surface area contributed by atoms with E-state index >= 15 is 0 Å². The molecule has 5 nitrogen and oxygen atoms in total. The van der Waals surface area contributed by atoms with Gasteiger partial charge in [0.15, 0.2) is 18.1 Å². The summed E-state index contributed by atoms with van der Waals surface area (Å²) in [4.78, 5) is 12.2. The third-order valence-corrected chi connectivity index (χ3v) is 5.04. The van der Waals surface area contributed by atoms with Gasteiger partial charge in [-0.25, -0.2) is 4.39 Å². The SMILES string of the molecule is COc1cc(/C=C(\C#N)c2ccc(F)cc2)cc(I)c1OCC(=O)Nc1ccccc1. The van der Waals surface area contributed by atoms with Gasteiger partial charge in [0, 0.05) is 5.69 Å². The third-order valence-electron chi connectivity index (χ3n) is 4.24. The van der Waals surface area contributed by atoms with E-state index in [9.17, 15) is 14.4 Å². The van der Waals surface area contributed by atoms with Gasteiger partial charge in [0.1, 0.15) is 5.82 Å². The number of methoxy groups -OCH3 is 1. The summed E-state index contributed by atoms with van der Waals surface area (Å²) in [5.74, 6) is 0.206. The zero-order chi connectivity index (χ0) is 22.2. The van der Waals surface area contributed by atoms with Crippen LogP contribution in [-0.4, -0.2) is 19.6 Å². The largest absolute Gasteiger partial charge is 0.493 e. The molecule has 0 saturated carbocycles. The van der Waals surface area contributed by atoms with Crippen LogP contribution in [0.4, 0.5) is 10.1 Å². The molecule has 3 aromatic carbocycles. The fourth-order valence-corrected chi connectivity index (χ4v) is 3.58. The average Bonchev–Trinajstić information content (AvgIpc) is 2.77. The van der Waals surface area contributed by atoms with Crippen LogP contribution in [0.1, 0.15) is 11.1 Å². The summed E-state index contributed by atoms with van der Waals surface area (Å²) in [6, 6.07) is 20.5. The molecule has 3 aromatic rings. The molecule has 7 heteroatoms. The number of nitriles is 1. The Labute approximate surface area is 193 Å². The van der Waals surface area contributed by atoms with Gasteiger partial charge in [-0.3, -0.25) is 4.79 Å². The first-order valence-corrected chi connectivity index (χ1v) is 10.3. The van der Waals surface area contributed by atoms with Crippen molar-refractivity contribution in [2.45, 2.75) is 0 Å². The van der Waals surface area contributed by atoms with Crippen LogP contribution in [0.2, 0.25) is 0 Å². The zero-order valence-electron chi connectivity index (χ0n) is 16.6. The molecule has 0 aliphatic rings. The van der Waals surface area contributed by atoms with Crippen molar-refractivity contribution in [2.75, 3.05) is 19.0 Å². The summed E-state index contributed by atoms with van der Waals surface area (Å²) < 4.78 is 25.0. The molecular formula is C24H18FIN2O3. The highest BCUT2D eigenvalue weighted by Crippen LogP contribution is 2.35. The van der Waals surface area contributed by atoms with Crippen LogP contribution < -0.4 is 14.8 Å². The molecule has 0 saturated heterocycles. The van der Waals surface area contributed by atoms with Gasteiger partial charge in [0.2, 0.25) is 0 Å². The van der Waals surface area contributed by atoms with Crippen molar-refractivity contribution in [3.8, 4) is 17.6 Å². The molecule has 0 aliphatic heterocycles. The van der Waals surface area contributed by atoms with E-state index in [1.807, 2.05) is 24.3 Å². The Morgan fingerprint density at radius 2 is 1.87 bits per heavy atom. The first-order valence-electron chi connectivity index (χ1n) is 9.23.